The van der Waals surface area contributed by atoms with Crippen LogP contribution in [-0.2, 0) is 12.0 Å². The first-order chi connectivity index (χ1) is 9.03. The maximum absolute atomic E-state index is 10.7. The van der Waals surface area contributed by atoms with Crippen molar-refractivity contribution in [3.63, 3.8) is 0 Å². The number of hydrogen-bond donors (Lipinski definition) is 1. The van der Waals surface area contributed by atoms with Gasteiger partial charge in [-0.25, -0.2) is 0 Å². The van der Waals surface area contributed by atoms with Gasteiger partial charge in [-0.05, 0) is 42.7 Å². The summed E-state index contributed by atoms with van der Waals surface area (Å²) in [6.45, 7) is 3.85. The van der Waals surface area contributed by atoms with Crippen LogP contribution in [0, 0.1) is 6.92 Å². The average molecular weight is 256 g/mol. The number of ether oxygens (including phenoxy) is 1. The molecular weight excluding hydrogens is 236 g/mol. The third-order valence-electron chi connectivity index (χ3n) is 3.40. The van der Waals surface area contributed by atoms with Gasteiger partial charge in [0.25, 0.3) is 0 Å². The third kappa shape index (κ3) is 3.15. The number of benzene rings is 2. The number of aliphatic hydroxyl groups is 1. The van der Waals surface area contributed by atoms with Crippen molar-refractivity contribution in [1.82, 2.24) is 0 Å². The zero-order valence-electron chi connectivity index (χ0n) is 11.7. The van der Waals surface area contributed by atoms with Crippen molar-refractivity contribution < 1.29 is 9.84 Å². The Bertz CT molecular complexity index is 544. The topological polar surface area (TPSA) is 29.5 Å². The molecule has 2 rings (SSSR count). The molecule has 0 radical (unpaired) electrons. The average Bonchev–Trinajstić information content (AvgIpc) is 2.38. The van der Waals surface area contributed by atoms with E-state index in [1.807, 2.05) is 62.4 Å². The molecule has 2 aromatic rings. The monoisotopic (exact) mass is 256 g/mol. The Morgan fingerprint density at radius 1 is 1.11 bits per heavy atom. The van der Waals surface area contributed by atoms with Crippen molar-refractivity contribution in [1.29, 1.82) is 0 Å². The van der Waals surface area contributed by atoms with Crippen molar-refractivity contribution in [2.24, 2.45) is 0 Å². The predicted octanol–water partition coefficient (Wildman–Crippen LogP) is 3.45. The molecule has 0 fully saturated rings. The summed E-state index contributed by atoms with van der Waals surface area (Å²) < 4.78 is 5.20. The van der Waals surface area contributed by atoms with E-state index >= 15 is 0 Å². The molecule has 19 heavy (non-hydrogen) atoms. The Labute approximate surface area is 114 Å². The molecular formula is C17H20O2. The molecule has 0 spiro atoms. The molecule has 0 saturated heterocycles. The van der Waals surface area contributed by atoms with Gasteiger partial charge in [0.1, 0.15) is 5.75 Å². The minimum Gasteiger partial charge on any atom is -0.497 e. The van der Waals surface area contributed by atoms with Crippen molar-refractivity contribution >= 4 is 0 Å². The van der Waals surface area contributed by atoms with Gasteiger partial charge in [-0.2, -0.15) is 0 Å². The van der Waals surface area contributed by atoms with Crippen LogP contribution < -0.4 is 4.74 Å². The van der Waals surface area contributed by atoms with Gasteiger partial charge in [-0.15, -0.1) is 0 Å². The standard InChI is InChI=1S/C17H20O2/c1-13-11-15(19-3)9-10-16(13)17(2,18)12-14-7-5-4-6-8-14/h4-11,18H,12H2,1-3H3. The zero-order valence-corrected chi connectivity index (χ0v) is 11.7. The summed E-state index contributed by atoms with van der Waals surface area (Å²) in [6.07, 6.45) is 0.598. The van der Waals surface area contributed by atoms with E-state index in [0.717, 1.165) is 22.4 Å². The van der Waals surface area contributed by atoms with Crippen molar-refractivity contribution in [3.05, 3.63) is 65.2 Å². The summed E-state index contributed by atoms with van der Waals surface area (Å²) in [5.41, 5.74) is 2.23. The molecule has 1 N–H and O–H groups in total. The lowest BCUT2D eigenvalue weighted by Gasteiger charge is -2.26. The fraction of sp³-hybridized carbons (Fsp3) is 0.294. The molecule has 0 aromatic heterocycles. The normalized spacial score (nSPS) is 13.9. The van der Waals surface area contributed by atoms with Crippen LogP contribution in [0.3, 0.4) is 0 Å². The molecule has 0 heterocycles. The van der Waals surface area contributed by atoms with Gasteiger partial charge in [0, 0.05) is 6.42 Å². The molecule has 2 nitrogen and oxygen atoms in total. The second-order valence-electron chi connectivity index (χ2n) is 5.12. The minimum absolute atomic E-state index is 0.598. The summed E-state index contributed by atoms with van der Waals surface area (Å²) >= 11 is 0. The summed E-state index contributed by atoms with van der Waals surface area (Å²) in [4.78, 5) is 0. The molecule has 2 heteroatoms. The van der Waals surface area contributed by atoms with Gasteiger partial charge in [-0.3, -0.25) is 0 Å². The summed E-state index contributed by atoms with van der Waals surface area (Å²) in [6, 6.07) is 15.8. The van der Waals surface area contributed by atoms with Gasteiger partial charge < -0.3 is 9.84 Å². The number of methoxy groups -OCH3 is 1. The van der Waals surface area contributed by atoms with E-state index < -0.39 is 5.60 Å². The lowest BCUT2D eigenvalue weighted by atomic mass is 9.86. The van der Waals surface area contributed by atoms with Crippen LogP contribution in [0.25, 0.3) is 0 Å². The highest BCUT2D eigenvalue weighted by molar-refractivity contribution is 5.38. The Balaban J connectivity index is 2.29. The molecule has 100 valence electrons. The quantitative estimate of drug-likeness (QED) is 0.907. The highest BCUT2D eigenvalue weighted by Crippen LogP contribution is 2.30. The van der Waals surface area contributed by atoms with Crippen molar-refractivity contribution in [2.75, 3.05) is 7.11 Å². The van der Waals surface area contributed by atoms with Gasteiger partial charge in [0.15, 0.2) is 0 Å². The van der Waals surface area contributed by atoms with Crippen LogP contribution in [0.1, 0.15) is 23.6 Å². The first kappa shape index (κ1) is 13.6. The first-order valence-corrected chi connectivity index (χ1v) is 6.44. The highest BCUT2D eigenvalue weighted by Gasteiger charge is 2.25. The summed E-state index contributed by atoms with van der Waals surface area (Å²) in [7, 11) is 1.65. The van der Waals surface area contributed by atoms with Crippen LogP contribution in [0.4, 0.5) is 0 Å². The van der Waals surface area contributed by atoms with Crippen LogP contribution in [-0.4, -0.2) is 12.2 Å². The SMILES string of the molecule is COc1ccc(C(C)(O)Cc2ccccc2)c(C)c1. The molecule has 0 aliphatic carbocycles. The smallest absolute Gasteiger partial charge is 0.119 e. The van der Waals surface area contributed by atoms with E-state index in [0.29, 0.717) is 6.42 Å². The van der Waals surface area contributed by atoms with Crippen molar-refractivity contribution in [2.45, 2.75) is 25.9 Å². The molecule has 0 bridgehead atoms. The lowest BCUT2D eigenvalue weighted by molar-refractivity contribution is 0.0569. The fourth-order valence-corrected chi connectivity index (χ4v) is 2.46. The number of aryl methyl sites for hydroxylation is 1. The first-order valence-electron chi connectivity index (χ1n) is 6.44. The molecule has 2 aromatic carbocycles. The van der Waals surface area contributed by atoms with E-state index in [1.165, 1.54) is 0 Å². The Hall–Kier alpha value is -1.80. The van der Waals surface area contributed by atoms with E-state index in [1.54, 1.807) is 7.11 Å². The maximum Gasteiger partial charge on any atom is 0.119 e. The van der Waals surface area contributed by atoms with Gasteiger partial charge in [-0.1, -0.05) is 36.4 Å². The number of rotatable bonds is 4. The molecule has 0 aliphatic rings. The van der Waals surface area contributed by atoms with E-state index in [2.05, 4.69) is 0 Å². The van der Waals surface area contributed by atoms with Crippen LogP contribution in [0.5, 0.6) is 5.75 Å². The van der Waals surface area contributed by atoms with Gasteiger partial charge in [0.05, 0.1) is 12.7 Å². The second kappa shape index (κ2) is 5.45. The van der Waals surface area contributed by atoms with Crippen molar-refractivity contribution in [3.8, 4) is 5.75 Å². The van der Waals surface area contributed by atoms with E-state index in [4.69, 9.17) is 4.74 Å². The molecule has 1 atom stereocenters. The zero-order chi connectivity index (χ0) is 13.9. The minimum atomic E-state index is -0.877. The fourth-order valence-electron chi connectivity index (χ4n) is 2.46. The third-order valence-corrected chi connectivity index (χ3v) is 3.40. The number of hydrogen-bond acceptors (Lipinski definition) is 2. The van der Waals surface area contributed by atoms with Crippen LogP contribution in [0.15, 0.2) is 48.5 Å². The van der Waals surface area contributed by atoms with E-state index in [9.17, 15) is 5.11 Å². The van der Waals surface area contributed by atoms with Crippen LogP contribution in [0.2, 0.25) is 0 Å². The van der Waals surface area contributed by atoms with Gasteiger partial charge in [0.2, 0.25) is 0 Å². The molecule has 0 amide bonds. The Kier molecular flexibility index (Phi) is 3.91. The summed E-state index contributed by atoms with van der Waals surface area (Å²) in [5, 5.41) is 10.7. The largest absolute Gasteiger partial charge is 0.497 e. The molecule has 1 unspecified atom stereocenters. The molecule has 0 saturated carbocycles. The maximum atomic E-state index is 10.7. The van der Waals surface area contributed by atoms with Crippen LogP contribution >= 0.6 is 0 Å². The highest BCUT2D eigenvalue weighted by atomic mass is 16.5. The second-order valence-corrected chi connectivity index (χ2v) is 5.12. The predicted molar refractivity (Wildman–Crippen MR) is 77.4 cm³/mol. The molecule has 0 aliphatic heterocycles. The lowest BCUT2D eigenvalue weighted by Crippen LogP contribution is -2.25. The Morgan fingerprint density at radius 2 is 1.79 bits per heavy atom. The van der Waals surface area contributed by atoms with E-state index in [-0.39, 0.29) is 0 Å². The summed E-state index contributed by atoms with van der Waals surface area (Å²) in [5.74, 6) is 0.816. The Morgan fingerprint density at radius 3 is 2.37 bits per heavy atom. The van der Waals surface area contributed by atoms with Gasteiger partial charge >= 0.3 is 0 Å².